The first kappa shape index (κ1) is 70.1. The van der Waals surface area contributed by atoms with Crippen molar-refractivity contribution in [2.75, 3.05) is 13.2 Å². The molecule has 0 fully saturated rings. The molecule has 0 aliphatic carbocycles. The Bertz CT molecular complexity index is 1510. The third-order valence-electron chi connectivity index (χ3n) is 13.0. The number of carbonyl (C=O) groups is 3. The maximum absolute atomic E-state index is 12.9. The minimum absolute atomic E-state index is 0.0892. The summed E-state index contributed by atoms with van der Waals surface area (Å²) in [5.74, 6) is -0.914. The largest absolute Gasteiger partial charge is 0.462 e. The Labute approximate surface area is 457 Å². The summed E-state index contributed by atoms with van der Waals surface area (Å²) in [4.78, 5) is 38.2. The average molecular weight is 1030 g/mol. The zero-order valence-corrected chi connectivity index (χ0v) is 48.3. The van der Waals surface area contributed by atoms with Crippen LogP contribution in [0.3, 0.4) is 0 Å². The van der Waals surface area contributed by atoms with Gasteiger partial charge in [-0.1, -0.05) is 246 Å². The highest BCUT2D eigenvalue weighted by Gasteiger charge is 2.19. The van der Waals surface area contributed by atoms with Crippen LogP contribution in [0.15, 0.2) is 109 Å². The summed E-state index contributed by atoms with van der Waals surface area (Å²) in [6.45, 7) is 6.48. The molecule has 0 aromatic heterocycles. The topological polar surface area (TPSA) is 78.9 Å². The van der Waals surface area contributed by atoms with Crippen molar-refractivity contribution >= 4 is 17.9 Å². The van der Waals surface area contributed by atoms with E-state index in [9.17, 15) is 14.4 Å². The van der Waals surface area contributed by atoms with Gasteiger partial charge in [0.15, 0.2) is 6.10 Å². The van der Waals surface area contributed by atoms with Crippen LogP contribution in [0, 0.1) is 0 Å². The highest BCUT2D eigenvalue weighted by molar-refractivity contribution is 5.71. The lowest BCUT2D eigenvalue weighted by Gasteiger charge is -2.18. The van der Waals surface area contributed by atoms with E-state index in [4.69, 9.17) is 14.2 Å². The van der Waals surface area contributed by atoms with Gasteiger partial charge < -0.3 is 14.2 Å². The molecule has 0 N–H and O–H groups in total. The summed E-state index contributed by atoms with van der Waals surface area (Å²) >= 11 is 0. The molecular weight excluding hydrogens is 913 g/mol. The van der Waals surface area contributed by atoms with Crippen molar-refractivity contribution in [3.63, 3.8) is 0 Å². The van der Waals surface area contributed by atoms with Crippen LogP contribution in [0.5, 0.6) is 0 Å². The average Bonchev–Trinajstić information content (AvgIpc) is 3.40. The number of unbranched alkanes of at least 4 members (excludes halogenated alkanes) is 26. The normalized spacial score (nSPS) is 12.9. The third-order valence-corrected chi connectivity index (χ3v) is 13.0. The SMILES string of the molecule is CC/C=C\C/C=C\C/C=C\C/C=C\C/C=C\C/C=C\C/C=C\CCCCCCCCCC(=O)OCC(COC(=O)CCCCCCC/C=C\CCCCC)OC(=O)CCCCCCC/C=C\CCCCCCCC. The van der Waals surface area contributed by atoms with Gasteiger partial charge in [0.25, 0.3) is 0 Å². The number of esters is 3. The van der Waals surface area contributed by atoms with E-state index >= 15 is 0 Å². The Morgan fingerprint density at radius 1 is 0.284 bits per heavy atom. The van der Waals surface area contributed by atoms with Crippen LogP contribution in [0.1, 0.15) is 284 Å². The number of ether oxygens (including phenoxy) is 3. The molecule has 74 heavy (non-hydrogen) atoms. The predicted molar refractivity (Wildman–Crippen MR) is 320 cm³/mol. The van der Waals surface area contributed by atoms with Crippen LogP contribution in [0.25, 0.3) is 0 Å². The molecule has 0 aliphatic rings. The molecule has 1 atom stereocenters. The second-order valence-corrected chi connectivity index (χ2v) is 20.2. The van der Waals surface area contributed by atoms with Gasteiger partial charge in [-0.3, -0.25) is 14.4 Å². The van der Waals surface area contributed by atoms with Crippen molar-refractivity contribution in [1.29, 1.82) is 0 Å². The smallest absolute Gasteiger partial charge is 0.306 e. The minimum atomic E-state index is -0.792. The zero-order chi connectivity index (χ0) is 53.6. The molecule has 6 nitrogen and oxygen atoms in total. The molecule has 1 unspecified atom stereocenters. The van der Waals surface area contributed by atoms with Crippen LogP contribution in [-0.4, -0.2) is 37.2 Å². The first-order valence-corrected chi connectivity index (χ1v) is 30.9. The second-order valence-electron chi connectivity index (χ2n) is 20.2. The Morgan fingerprint density at radius 2 is 0.527 bits per heavy atom. The molecular formula is C68H114O6. The van der Waals surface area contributed by atoms with Crippen LogP contribution in [-0.2, 0) is 28.6 Å². The zero-order valence-electron chi connectivity index (χ0n) is 48.3. The van der Waals surface area contributed by atoms with Crippen LogP contribution in [0.2, 0.25) is 0 Å². The Morgan fingerprint density at radius 3 is 0.865 bits per heavy atom. The van der Waals surface area contributed by atoms with E-state index in [2.05, 4.69) is 130 Å². The lowest BCUT2D eigenvalue weighted by molar-refractivity contribution is -0.167. The van der Waals surface area contributed by atoms with E-state index in [1.165, 1.54) is 116 Å². The molecule has 0 saturated heterocycles. The molecule has 0 aromatic carbocycles. The predicted octanol–water partition coefficient (Wildman–Crippen LogP) is 21.0. The molecule has 0 aromatic rings. The summed E-state index contributed by atoms with van der Waals surface area (Å²) in [7, 11) is 0. The minimum Gasteiger partial charge on any atom is -0.462 e. The monoisotopic (exact) mass is 1030 g/mol. The number of hydrogen-bond acceptors (Lipinski definition) is 6. The molecule has 0 heterocycles. The summed E-state index contributed by atoms with van der Waals surface area (Å²) in [5.41, 5.74) is 0. The summed E-state index contributed by atoms with van der Waals surface area (Å²) in [6.07, 6.45) is 83.7. The van der Waals surface area contributed by atoms with Crippen molar-refractivity contribution in [2.24, 2.45) is 0 Å². The van der Waals surface area contributed by atoms with Crippen LogP contribution in [0.4, 0.5) is 0 Å². The van der Waals surface area contributed by atoms with Crippen molar-refractivity contribution in [3.05, 3.63) is 109 Å². The molecule has 0 bridgehead atoms. The number of carbonyl (C=O) groups excluding carboxylic acids is 3. The fraction of sp³-hybridized carbons (Fsp3) is 0.691. The Kier molecular flexibility index (Phi) is 58.3. The van der Waals surface area contributed by atoms with E-state index in [0.29, 0.717) is 19.3 Å². The first-order chi connectivity index (χ1) is 36.5. The second kappa shape index (κ2) is 61.6. The molecule has 0 radical (unpaired) electrons. The van der Waals surface area contributed by atoms with E-state index < -0.39 is 6.10 Å². The summed E-state index contributed by atoms with van der Waals surface area (Å²) in [5, 5.41) is 0. The molecule has 0 spiro atoms. The van der Waals surface area contributed by atoms with Gasteiger partial charge in [-0.15, -0.1) is 0 Å². The van der Waals surface area contributed by atoms with Gasteiger partial charge in [-0.05, 0) is 128 Å². The van der Waals surface area contributed by atoms with Crippen molar-refractivity contribution in [3.8, 4) is 0 Å². The maximum Gasteiger partial charge on any atom is 0.306 e. The van der Waals surface area contributed by atoms with Gasteiger partial charge in [-0.25, -0.2) is 0 Å². The van der Waals surface area contributed by atoms with Crippen LogP contribution < -0.4 is 0 Å². The Balaban J connectivity index is 4.31. The fourth-order valence-electron chi connectivity index (χ4n) is 8.35. The lowest BCUT2D eigenvalue weighted by Crippen LogP contribution is -2.30. The van der Waals surface area contributed by atoms with Gasteiger partial charge in [-0.2, -0.15) is 0 Å². The third kappa shape index (κ3) is 59.0. The van der Waals surface area contributed by atoms with Gasteiger partial charge in [0.2, 0.25) is 0 Å². The summed E-state index contributed by atoms with van der Waals surface area (Å²) in [6, 6.07) is 0. The fourth-order valence-corrected chi connectivity index (χ4v) is 8.35. The van der Waals surface area contributed by atoms with Gasteiger partial charge in [0.05, 0.1) is 0 Å². The van der Waals surface area contributed by atoms with Crippen molar-refractivity contribution < 1.29 is 28.6 Å². The van der Waals surface area contributed by atoms with E-state index in [0.717, 1.165) is 128 Å². The van der Waals surface area contributed by atoms with Gasteiger partial charge in [0.1, 0.15) is 13.2 Å². The molecule has 6 heteroatoms. The molecule has 0 saturated carbocycles. The summed E-state index contributed by atoms with van der Waals surface area (Å²) < 4.78 is 16.9. The van der Waals surface area contributed by atoms with Gasteiger partial charge in [0, 0.05) is 19.3 Å². The lowest BCUT2D eigenvalue weighted by atomic mass is 10.1. The van der Waals surface area contributed by atoms with E-state index in [-0.39, 0.29) is 31.1 Å². The Hall–Kier alpha value is -3.93. The highest BCUT2D eigenvalue weighted by Crippen LogP contribution is 2.15. The van der Waals surface area contributed by atoms with E-state index in [1.807, 2.05) is 0 Å². The van der Waals surface area contributed by atoms with Crippen LogP contribution >= 0.6 is 0 Å². The molecule has 0 aliphatic heterocycles. The highest BCUT2D eigenvalue weighted by atomic mass is 16.6. The standard InChI is InChI=1S/C68H114O6/c1-4-7-10-13-16-19-22-25-27-28-29-30-31-32-33-34-35-36-37-38-39-40-42-43-46-49-52-55-58-61-67(70)73-64-65(63-72-66(69)60-57-54-51-48-45-24-21-18-15-12-9-6-3)74-68(71)62-59-56-53-50-47-44-41-26-23-20-17-14-11-8-5-2/h7,10,16,18-19,21,25-27,29-30,32-33,35-36,38-39,41,65H,4-6,8-9,11-15,17,20,22-24,28,31,34,37,40,42-64H2,1-3H3/b10-7-,19-16-,21-18-,27-25-,30-29-,33-32-,36-35-,39-38-,41-26-. The van der Waals surface area contributed by atoms with E-state index in [1.54, 1.807) is 0 Å². The molecule has 422 valence electrons. The number of hydrogen-bond donors (Lipinski definition) is 0. The maximum atomic E-state index is 12.9. The first-order valence-electron chi connectivity index (χ1n) is 30.9. The number of allylic oxidation sites excluding steroid dienone is 18. The van der Waals surface area contributed by atoms with Crippen molar-refractivity contribution in [1.82, 2.24) is 0 Å². The van der Waals surface area contributed by atoms with Crippen molar-refractivity contribution in [2.45, 2.75) is 290 Å². The molecule has 0 rings (SSSR count). The quantitative estimate of drug-likeness (QED) is 0.0261. The number of rotatable bonds is 55. The van der Waals surface area contributed by atoms with Gasteiger partial charge >= 0.3 is 17.9 Å². The molecule has 0 amide bonds.